The van der Waals surface area contributed by atoms with Crippen LogP contribution in [0.4, 0.5) is 0 Å². The molecule has 2 heteroatoms. The SMILES string of the molecule is COC12CCCC(CO)(CCC1)C21c2ccccc2-c2ccccc21. The fourth-order valence-electron chi connectivity index (χ4n) is 6.84. The van der Waals surface area contributed by atoms with Crippen molar-refractivity contribution in [1.82, 2.24) is 0 Å². The van der Waals surface area contributed by atoms with Gasteiger partial charge in [0.25, 0.3) is 0 Å². The molecule has 3 aliphatic carbocycles. The van der Waals surface area contributed by atoms with E-state index in [1.165, 1.54) is 22.3 Å². The van der Waals surface area contributed by atoms with Crippen LogP contribution in [0, 0.1) is 5.41 Å². The third-order valence-corrected chi connectivity index (χ3v) is 7.60. The molecule has 0 radical (unpaired) electrons. The van der Waals surface area contributed by atoms with Gasteiger partial charge in [-0.15, -0.1) is 0 Å². The van der Waals surface area contributed by atoms with Crippen LogP contribution in [-0.2, 0) is 10.2 Å². The molecular weight excluding hydrogens is 308 g/mol. The molecule has 0 unspecified atom stereocenters. The molecule has 2 bridgehead atoms. The summed E-state index contributed by atoms with van der Waals surface area (Å²) in [4.78, 5) is 0. The van der Waals surface area contributed by atoms with Crippen LogP contribution in [0.3, 0.4) is 0 Å². The van der Waals surface area contributed by atoms with Crippen LogP contribution in [0.5, 0.6) is 0 Å². The van der Waals surface area contributed by atoms with Crippen LogP contribution in [-0.4, -0.2) is 24.4 Å². The molecule has 2 saturated carbocycles. The van der Waals surface area contributed by atoms with E-state index >= 15 is 0 Å². The van der Waals surface area contributed by atoms with E-state index in [1.807, 2.05) is 7.11 Å². The average Bonchev–Trinajstić information content (AvgIpc) is 2.95. The summed E-state index contributed by atoms with van der Waals surface area (Å²) in [6, 6.07) is 17.7. The second kappa shape index (κ2) is 5.18. The molecule has 2 aromatic rings. The van der Waals surface area contributed by atoms with Crippen LogP contribution >= 0.6 is 0 Å². The van der Waals surface area contributed by atoms with Crippen molar-refractivity contribution in [2.24, 2.45) is 5.41 Å². The maximum Gasteiger partial charge on any atom is 0.0822 e. The lowest BCUT2D eigenvalue weighted by molar-refractivity contribution is -0.182. The van der Waals surface area contributed by atoms with Crippen molar-refractivity contribution in [3.8, 4) is 11.1 Å². The monoisotopic (exact) mass is 334 g/mol. The second-order valence-corrected chi connectivity index (χ2v) is 8.19. The molecule has 0 aromatic heterocycles. The second-order valence-electron chi connectivity index (χ2n) is 8.19. The summed E-state index contributed by atoms with van der Waals surface area (Å²) < 4.78 is 6.42. The van der Waals surface area contributed by atoms with E-state index < -0.39 is 0 Å². The third kappa shape index (κ3) is 1.59. The van der Waals surface area contributed by atoms with Gasteiger partial charge in [-0.05, 0) is 60.8 Å². The summed E-state index contributed by atoms with van der Waals surface area (Å²) in [6.07, 6.45) is 6.59. The Bertz CT molecular complexity index is 745. The molecule has 1 N–H and O–H groups in total. The first kappa shape index (κ1) is 15.6. The molecule has 2 fully saturated rings. The summed E-state index contributed by atoms with van der Waals surface area (Å²) in [5, 5.41) is 10.7. The van der Waals surface area contributed by atoms with Gasteiger partial charge < -0.3 is 9.84 Å². The van der Waals surface area contributed by atoms with Gasteiger partial charge >= 0.3 is 0 Å². The number of aliphatic hydroxyl groups excluding tert-OH is 1. The van der Waals surface area contributed by atoms with Crippen molar-refractivity contribution >= 4 is 0 Å². The first-order valence-electron chi connectivity index (χ1n) is 9.60. The van der Waals surface area contributed by atoms with Gasteiger partial charge in [-0.2, -0.15) is 0 Å². The van der Waals surface area contributed by atoms with Gasteiger partial charge in [-0.3, -0.25) is 0 Å². The minimum atomic E-state index is -0.229. The highest BCUT2D eigenvalue weighted by molar-refractivity contribution is 5.83. The maximum absolute atomic E-state index is 10.7. The van der Waals surface area contributed by atoms with E-state index in [0.717, 1.165) is 38.5 Å². The van der Waals surface area contributed by atoms with Gasteiger partial charge in [-0.1, -0.05) is 48.5 Å². The van der Waals surface area contributed by atoms with E-state index in [-0.39, 0.29) is 23.0 Å². The molecule has 3 aliphatic rings. The van der Waals surface area contributed by atoms with Crippen molar-refractivity contribution in [3.63, 3.8) is 0 Å². The molecule has 2 nitrogen and oxygen atoms in total. The lowest BCUT2D eigenvalue weighted by Crippen LogP contribution is -2.68. The summed E-state index contributed by atoms with van der Waals surface area (Å²) >= 11 is 0. The topological polar surface area (TPSA) is 29.5 Å². The quantitative estimate of drug-likeness (QED) is 0.864. The Hall–Kier alpha value is -1.64. The summed E-state index contributed by atoms with van der Waals surface area (Å²) in [5.74, 6) is 0. The predicted molar refractivity (Wildman–Crippen MR) is 99.6 cm³/mol. The smallest absolute Gasteiger partial charge is 0.0822 e. The number of benzene rings is 2. The highest BCUT2D eigenvalue weighted by atomic mass is 16.5. The molecule has 0 atom stereocenters. The zero-order valence-corrected chi connectivity index (χ0v) is 14.9. The minimum Gasteiger partial charge on any atom is -0.396 e. The van der Waals surface area contributed by atoms with Gasteiger partial charge in [0, 0.05) is 19.1 Å². The van der Waals surface area contributed by atoms with Crippen molar-refractivity contribution in [2.75, 3.05) is 13.7 Å². The fraction of sp³-hybridized carbons (Fsp3) is 0.478. The standard InChI is InChI=1S/C23H26O2/c1-25-22-14-6-12-21(16-24,13-7-15-22)23(22)19-10-4-2-8-17(19)18-9-3-5-11-20(18)23/h2-5,8-11,24H,6-7,12-16H2,1H3. The minimum absolute atomic E-state index is 0.123. The molecule has 1 spiro atoms. The summed E-state index contributed by atoms with van der Waals surface area (Å²) in [5.41, 5.74) is 4.87. The maximum atomic E-state index is 10.7. The molecule has 25 heavy (non-hydrogen) atoms. The zero-order valence-electron chi connectivity index (χ0n) is 14.9. The lowest BCUT2D eigenvalue weighted by Gasteiger charge is -2.65. The number of aliphatic hydroxyl groups is 1. The van der Waals surface area contributed by atoms with Gasteiger partial charge in [-0.25, -0.2) is 0 Å². The molecule has 0 heterocycles. The van der Waals surface area contributed by atoms with Crippen LogP contribution in [0.2, 0.25) is 0 Å². The number of rotatable bonds is 2. The van der Waals surface area contributed by atoms with Crippen LogP contribution in [0.25, 0.3) is 11.1 Å². The first-order valence-corrected chi connectivity index (χ1v) is 9.60. The van der Waals surface area contributed by atoms with Crippen molar-refractivity contribution in [1.29, 1.82) is 0 Å². The Labute approximate surface area is 149 Å². The van der Waals surface area contributed by atoms with Crippen molar-refractivity contribution in [3.05, 3.63) is 59.7 Å². The summed E-state index contributed by atoms with van der Waals surface area (Å²) in [7, 11) is 1.89. The van der Waals surface area contributed by atoms with Crippen LogP contribution in [0.1, 0.15) is 49.7 Å². The third-order valence-electron chi connectivity index (χ3n) is 7.60. The number of fused-ring (bicyclic) bond motifs is 3. The summed E-state index contributed by atoms with van der Waals surface area (Å²) in [6.45, 7) is 0.237. The number of methoxy groups -OCH3 is 1. The van der Waals surface area contributed by atoms with Crippen molar-refractivity contribution in [2.45, 2.75) is 49.5 Å². The normalized spacial score (nSPS) is 31.6. The Kier molecular flexibility index (Phi) is 3.24. The largest absolute Gasteiger partial charge is 0.396 e. The molecule has 0 aliphatic heterocycles. The fourth-order valence-corrected chi connectivity index (χ4v) is 6.84. The van der Waals surface area contributed by atoms with E-state index in [9.17, 15) is 5.11 Å². The molecule has 0 amide bonds. The molecule has 0 saturated heterocycles. The van der Waals surface area contributed by atoms with Crippen LogP contribution in [0.15, 0.2) is 48.5 Å². The Morgan fingerprint density at radius 1 is 0.840 bits per heavy atom. The Morgan fingerprint density at radius 2 is 1.36 bits per heavy atom. The van der Waals surface area contributed by atoms with Gasteiger partial charge in [0.1, 0.15) is 0 Å². The number of hydrogen-bond acceptors (Lipinski definition) is 2. The van der Waals surface area contributed by atoms with Crippen LogP contribution < -0.4 is 0 Å². The molecular formula is C23H26O2. The molecule has 130 valence electrons. The van der Waals surface area contributed by atoms with Crippen molar-refractivity contribution < 1.29 is 9.84 Å². The Morgan fingerprint density at radius 3 is 1.84 bits per heavy atom. The van der Waals surface area contributed by atoms with Gasteiger partial charge in [0.2, 0.25) is 0 Å². The number of hydrogen-bond donors (Lipinski definition) is 1. The average molecular weight is 334 g/mol. The zero-order chi connectivity index (χ0) is 17.1. The van der Waals surface area contributed by atoms with E-state index in [1.54, 1.807) is 0 Å². The Balaban J connectivity index is 1.95. The van der Waals surface area contributed by atoms with E-state index in [0.29, 0.717) is 0 Å². The highest BCUT2D eigenvalue weighted by Gasteiger charge is 2.70. The number of ether oxygens (including phenoxy) is 1. The molecule has 2 aromatic carbocycles. The van der Waals surface area contributed by atoms with E-state index in [4.69, 9.17) is 4.74 Å². The highest BCUT2D eigenvalue weighted by Crippen LogP contribution is 2.71. The lowest BCUT2D eigenvalue weighted by atomic mass is 9.41. The van der Waals surface area contributed by atoms with Gasteiger partial charge in [0.05, 0.1) is 11.0 Å². The predicted octanol–water partition coefficient (Wildman–Crippen LogP) is 4.68. The molecule has 5 rings (SSSR count). The van der Waals surface area contributed by atoms with E-state index in [2.05, 4.69) is 48.5 Å². The van der Waals surface area contributed by atoms with Gasteiger partial charge in [0.15, 0.2) is 0 Å². The first-order chi connectivity index (χ1) is 12.2.